The molecule has 2 heterocycles. The highest BCUT2D eigenvalue weighted by Crippen LogP contribution is 2.24. The van der Waals surface area contributed by atoms with Crippen LogP contribution in [0.3, 0.4) is 0 Å². The number of amides is 2. The Balaban J connectivity index is 1.68. The predicted octanol–water partition coefficient (Wildman–Crippen LogP) is 2.97. The van der Waals surface area contributed by atoms with Gasteiger partial charge < -0.3 is 14.5 Å². The van der Waals surface area contributed by atoms with Gasteiger partial charge in [0, 0.05) is 31.7 Å². The first-order chi connectivity index (χ1) is 12.0. The van der Waals surface area contributed by atoms with E-state index in [2.05, 4.69) is 0 Å². The van der Waals surface area contributed by atoms with E-state index in [1.165, 1.54) is 11.3 Å². The van der Waals surface area contributed by atoms with Crippen LogP contribution in [0.1, 0.15) is 31.2 Å². The average molecular weight is 358 g/mol. The summed E-state index contributed by atoms with van der Waals surface area (Å²) in [5.41, 5.74) is 2.56. The number of methoxy groups -OCH3 is 1. The minimum Gasteiger partial charge on any atom is -0.496 e. The van der Waals surface area contributed by atoms with Crippen LogP contribution in [0.2, 0.25) is 0 Å². The number of thiophene rings is 1. The monoisotopic (exact) mass is 358 g/mol. The van der Waals surface area contributed by atoms with Crippen molar-refractivity contribution in [3.63, 3.8) is 0 Å². The molecule has 0 spiro atoms. The number of benzene rings is 1. The van der Waals surface area contributed by atoms with Gasteiger partial charge in [-0.2, -0.15) is 0 Å². The summed E-state index contributed by atoms with van der Waals surface area (Å²) in [6, 6.07) is 7.51. The summed E-state index contributed by atoms with van der Waals surface area (Å²) in [5, 5.41) is 1.90. The molecule has 25 heavy (non-hydrogen) atoms. The Morgan fingerprint density at radius 2 is 1.64 bits per heavy atom. The second kappa shape index (κ2) is 7.27. The quantitative estimate of drug-likeness (QED) is 0.848. The normalized spacial score (nSPS) is 14.5. The van der Waals surface area contributed by atoms with Crippen molar-refractivity contribution in [3.8, 4) is 5.75 Å². The lowest BCUT2D eigenvalue weighted by Crippen LogP contribution is -2.50. The molecule has 0 N–H and O–H groups in total. The summed E-state index contributed by atoms with van der Waals surface area (Å²) in [5.74, 6) is 0.866. The van der Waals surface area contributed by atoms with Crippen LogP contribution in [-0.4, -0.2) is 54.9 Å². The molecular weight excluding hydrogens is 336 g/mol. The minimum atomic E-state index is 0.0199. The van der Waals surface area contributed by atoms with Gasteiger partial charge in [0.2, 0.25) is 0 Å². The number of rotatable bonds is 3. The molecule has 1 aromatic carbocycles. The van der Waals surface area contributed by atoms with Crippen molar-refractivity contribution in [3.05, 3.63) is 51.2 Å². The van der Waals surface area contributed by atoms with E-state index in [-0.39, 0.29) is 11.8 Å². The van der Waals surface area contributed by atoms with Crippen molar-refractivity contribution in [2.45, 2.75) is 13.8 Å². The Morgan fingerprint density at radius 1 is 1.00 bits per heavy atom. The first-order valence-electron chi connectivity index (χ1n) is 8.28. The average Bonchev–Trinajstić information content (AvgIpc) is 3.17. The molecule has 0 radical (unpaired) electrons. The third kappa shape index (κ3) is 3.54. The van der Waals surface area contributed by atoms with Gasteiger partial charge in [-0.3, -0.25) is 9.59 Å². The topological polar surface area (TPSA) is 49.9 Å². The van der Waals surface area contributed by atoms with Crippen molar-refractivity contribution >= 4 is 23.2 Å². The predicted molar refractivity (Wildman–Crippen MR) is 98.6 cm³/mol. The van der Waals surface area contributed by atoms with Crippen LogP contribution in [0.5, 0.6) is 5.75 Å². The van der Waals surface area contributed by atoms with E-state index in [0.717, 1.165) is 21.8 Å². The summed E-state index contributed by atoms with van der Waals surface area (Å²) < 4.78 is 5.31. The van der Waals surface area contributed by atoms with E-state index >= 15 is 0 Å². The van der Waals surface area contributed by atoms with Crippen LogP contribution in [0.4, 0.5) is 0 Å². The Kier molecular flexibility index (Phi) is 5.08. The molecular formula is C19H22N2O3S. The van der Waals surface area contributed by atoms with Gasteiger partial charge in [0.1, 0.15) is 5.75 Å². The molecule has 1 saturated heterocycles. The van der Waals surface area contributed by atoms with Gasteiger partial charge in [-0.25, -0.2) is 0 Å². The van der Waals surface area contributed by atoms with Crippen LogP contribution in [-0.2, 0) is 0 Å². The van der Waals surface area contributed by atoms with E-state index in [1.54, 1.807) is 7.11 Å². The third-order valence-electron chi connectivity index (χ3n) is 4.56. The van der Waals surface area contributed by atoms with Crippen molar-refractivity contribution in [2.24, 2.45) is 0 Å². The Hall–Kier alpha value is -2.34. The number of nitrogens with zero attached hydrogens (tertiary/aromatic N) is 2. The maximum absolute atomic E-state index is 12.9. The smallest absolute Gasteiger partial charge is 0.264 e. The number of hydrogen-bond acceptors (Lipinski definition) is 4. The minimum absolute atomic E-state index is 0.0199. The largest absolute Gasteiger partial charge is 0.496 e. The van der Waals surface area contributed by atoms with Gasteiger partial charge in [-0.15, -0.1) is 11.3 Å². The zero-order valence-corrected chi connectivity index (χ0v) is 15.6. The molecule has 0 bridgehead atoms. The summed E-state index contributed by atoms with van der Waals surface area (Å²) in [6.45, 7) is 6.10. The molecule has 1 aliphatic rings. The fraction of sp³-hybridized carbons (Fsp3) is 0.368. The molecule has 132 valence electrons. The Bertz CT molecular complexity index is 778. The highest BCUT2D eigenvalue weighted by Gasteiger charge is 2.26. The van der Waals surface area contributed by atoms with Crippen molar-refractivity contribution in [1.29, 1.82) is 0 Å². The fourth-order valence-electron chi connectivity index (χ4n) is 3.08. The highest BCUT2D eigenvalue weighted by atomic mass is 32.1. The van der Waals surface area contributed by atoms with Gasteiger partial charge >= 0.3 is 0 Å². The molecule has 0 atom stereocenters. The number of hydrogen-bond donors (Lipinski definition) is 0. The second-order valence-electron chi connectivity index (χ2n) is 6.20. The summed E-state index contributed by atoms with van der Waals surface area (Å²) >= 11 is 1.45. The van der Waals surface area contributed by atoms with E-state index in [1.807, 2.05) is 53.3 Å². The molecule has 1 aliphatic heterocycles. The van der Waals surface area contributed by atoms with Crippen molar-refractivity contribution in [2.75, 3.05) is 33.3 Å². The number of carbonyl (C=O) groups excluding carboxylic acids is 2. The lowest BCUT2D eigenvalue weighted by molar-refractivity contribution is 0.0537. The van der Waals surface area contributed by atoms with Crippen molar-refractivity contribution in [1.82, 2.24) is 9.80 Å². The molecule has 3 rings (SSSR count). The summed E-state index contributed by atoms with van der Waals surface area (Å²) in [6.07, 6.45) is 0. The zero-order chi connectivity index (χ0) is 18.0. The number of aryl methyl sites for hydroxylation is 2. The number of carbonyl (C=O) groups is 2. The molecule has 0 aliphatic carbocycles. The Labute approximate surface area is 151 Å². The third-order valence-corrected chi connectivity index (χ3v) is 5.42. The lowest BCUT2D eigenvalue weighted by atomic mass is 10.0. The van der Waals surface area contributed by atoms with Gasteiger partial charge in [0.25, 0.3) is 11.8 Å². The van der Waals surface area contributed by atoms with Gasteiger partial charge in [-0.05, 0) is 48.6 Å². The maximum Gasteiger partial charge on any atom is 0.264 e. The van der Waals surface area contributed by atoms with Crippen LogP contribution in [0, 0.1) is 13.8 Å². The maximum atomic E-state index is 12.9. The molecule has 6 heteroatoms. The van der Waals surface area contributed by atoms with Gasteiger partial charge in [-0.1, -0.05) is 6.07 Å². The SMILES string of the molecule is COc1cc(C)c(C(=O)N2CCN(C(=O)c3cccs3)CC2)cc1C. The first-order valence-corrected chi connectivity index (χ1v) is 9.16. The fourth-order valence-corrected chi connectivity index (χ4v) is 3.77. The molecule has 0 saturated carbocycles. The molecule has 2 aromatic rings. The van der Waals surface area contributed by atoms with E-state index in [0.29, 0.717) is 31.7 Å². The van der Waals surface area contributed by atoms with Crippen LogP contribution < -0.4 is 4.74 Å². The van der Waals surface area contributed by atoms with Crippen LogP contribution >= 0.6 is 11.3 Å². The lowest BCUT2D eigenvalue weighted by Gasteiger charge is -2.35. The van der Waals surface area contributed by atoms with Gasteiger partial charge in [0.05, 0.1) is 12.0 Å². The molecule has 2 amide bonds. The van der Waals surface area contributed by atoms with E-state index in [9.17, 15) is 9.59 Å². The molecule has 1 fully saturated rings. The highest BCUT2D eigenvalue weighted by molar-refractivity contribution is 7.12. The first kappa shape index (κ1) is 17.5. The molecule has 0 unspecified atom stereocenters. The molecule has 5 nitrogen and oxygen atoms in total. The van der Waals surface area contributed by atoms with Gasteiger partial charge in [0.15, 0.2) is 0 Å². The molecule has 1 aromatic heterocycles. The van der Waals surface area contributed by atoms with E-state index < -0.39 is 0 Å². The van der Waals surface area contributed by atoms with Crippen molar-refractivity contribution < 1.29 is 14.3 Å². The van der Waals surface area contributed by atoms with Crippen LogP contribution in [0.25, 0.3) is 0 Å². The second-order valence-corrected chi connectivity index (χ2v) is 7.15. The Morgan fingerprint density at radius 3 is 2.20 bits per heavy atom. The number of piperazine rings is 1. The zero-order valence-electron chi connectivity index (χ0n) is 14.7. The summed E-state index contributed by atoms with van der Waals surface area (Å²) in [4.78, 5) is 29.7. The summed E-state index contributed by atoms with van der Waals surface area (Å²) in [7, 11) is 1.63. The van der Waals surface area contributed by atoms with E-state index in [4.69, 9.17) is 4.74 Å². The standard InChI is InChI=1S/C19H22N2O3S/c1-13-12-16(24-3)14(2)11-15(13)18(22)20-6-8-21(9-7-20)19(23)17-5-4-10-25-17/h4-5,10-12H,6-9H2,1-3H3. The number of ether oxygens (including phenoxy) is 1. The van der Waals surface area contributed by atoms with Crippen LogP contribution in [0.15, 0.2) is 29.6 Å².